The van der Waals surface area contributed by atoms with Crippen LogP contribution in [0.5, 0.6) is 11.5 Å². The van der Waals surface area contributed by atoms with E-state index in [0.29, 0.717) is 36.3 Å². The van der Waals surface area contributed by atoms with Gasteiger partial charge in [0.15, 0.2) is 11.5 Å². The van der Waals surface area contributed by atoms with Crippen molar-refractivity contribution in [2.45, 2.75) is 23.9 Å². The molecule has 3 nitrogen and oxygen atoms in total. The second-order valence-electron chi connectivity index (χ2n) is 5.83. The summed E-state index contributed by atoms with van der Waals surface area (Å²) in [5, 5.41) is 4.08. The van der Waals surface area contributed by atoms with Gasteiger partial charge in [0.05, 0.1) is 5.02 Å². The topological polar surface area (TPSA) is 30.5 Å². The van der Waals surface area contributed by atoms with Crippen molar-refractivity contribution in [1.82, 2.24) is 5.32 Å². The van der Waals surface area contributed by atoms with E-state index in [-0.39, 0.29) is 11.9 Å². The molecule has 6 heteroatoms. The molecule has 0 radical (unpaired) electrons. The summed E-state index contributed by atoms with van der Waals surface area (Å²) in [7, 11) is 0. The van der Waals surface area contributed by atoms with Crippen LogP contribution in [0, 0.1) is 5.82 Å². The molecular weight excluding hydrogens is 349 g/mol. The molecule has 0 spiro atoms. The van der Waals surface area contributed by atoms with Gasteiger partial charge in [0, 0.05) is 17.5 Å². The normalized spacial score (nSPS) is 19.0. The first-order chi connectivity index (χ1) is 11.7. The van der Waals surface area contributed by atoms with Gasteiger partial charge in [-0.05, 0) is 41.5 Å². The summed E-state index contributed by atoms with van der Waals surface area (Å²) in [4.78, 5) is 0.765. The number of nitrogens with one attached hydrogen (secondary N) is 1. The number of thioether (sulfide) groups is 1. The van der Waals surface area contributed by atoms with Crippen molar-refractivity contribution in [2.75, 3.05) is 19.0 Å². The van der Waals surface area contributed by atoms with Crippen LogP contribution in [0.3, 0.4) is 0 Å². The van der Waals surface area contributed by atoms with Gasteiger partial charge >= 0.3 is 0 Å². The Labute approximate surface area is 149 Å². The second-order valence-corrected chi connectivity index (χ2v) is 7.34. The van der Waals surface area contributed by atoms with Crippen molar-refractivity contribution < 1.29 is 13.9 Å². The maximum atomic E-state index is 14.0. The number of rotatable bonds is 3. The molecule has 2 aliphatic rings. The fourth-order valence-electron chi connectivity index (χ4n) is 3.11. The molecule has 1 unspecified atom stereocenters. The zero-order valence-electron chi connectivity index (χ0n) is 13.0. The van der Waals surface area contributed by atoms with Crippen LogP contribution < -0.4 is 14.8 Å². The van der Waals surface area contributed by atoms with Crippen molar-refractivity contribution in [2.24, 2.45) is 0 Å². The molecule has 0 saturated carbocycles. The Bertz CT molecular complexity index is 771. The molecular formula is C18H17ClFNO2S. The Hall–Kier alpha value is -1.43. The number of ether oxygens (including phenoxy) is 2. The van der Waals surface area contributed by atoms with E-state index in [1.807, 2.05) is 18.2 Å². The lowest BCUT2D eigenvalue weighted by atomic mass is 10.0. The maximum absolute atomic E-state index is 14.0. The number of halogens is 2. The highest BCUT2D eigenvalue weighted by Crippen LogP contribution is 2.40. The Morgan fingerprint density at radius 3 is 3.04 bits per heavy atom. The standard InChI is InChI=1S/C18H17ClFNO2S/c19-13-8-11(9-16-17(13)23-6-5-22-16)10-21-15-4-7-24-18-12(15)2-1-3-14(18)20/h1-3,8-9,15,21H,4-7,10H2. The van der Waals surface area contributed by atoms with Crippen LogP contribution in [0.2, 0.25) is 5.02 Å². The van der Waals surface area contributed by atoms with Crippen LogP contribution in [0.1, 0.15) is 23.6 Å². The van der Waals surface area contributed by atoms with E-state index < -0.39 is 0 Å². The molecule has 126 valence electrons. The summed E-state index contributed by atoms with van der Waals surface area (Å²) in [5.41, 5.74) is 2.07. The van der Waals surface area contributed by atoms with Crippen LogP contribution >= 0.6 is 23.4 Å². The molecule has 0 aromatic heterocycles. The van der Waals surface area contributed by atoms with Gasteiger partial charge in [-0.2, -0.15) is 0 Å². The summed E-state index contributed by atoms with van der Waals surface area (Å²) in [6.07, 6.45) is 0.972. The number of hydrogen-bond donors (Lipinski definition) is 1. The van der Waals surface area contributed by atoms with Gasteiger partial charge in [-0.3, -0.25) is 0 Å². The van der Waals surface area contributed by atoms with Crippen LogP contribution in [0.4, 0.5) is 4.39 Å². The monoisotopic (exact) mass is 365 g/mol. The minimum Gasteiger partial charge on any atom is -0.486 e. The van der Waals surface area contributed by atoms with Crippen molar-refractivity contribution in [3.05, 3.63) is 52.3 Å². The van der Waals surface area contributed by atoms with E-state index >= 15 is 0 Å². The molecule has 0 aliphatic carbocycles. The van der Waals surface area contributed by atoms with E-state index in [2.05, 4.69) is 5.32 Å². The van der Waals surface area contributed by atoms with Crippen LogP contribution in [-0.2, 0) is 6.54 Å². The van der Waals surface area contributed by atoms with Gasteiger partial charge in [0.1, 0.15) is 19.0 Å². The third-order valence-corrected chi connectivity index (χ3v) is 5.67. The first-order valence-corrected chi connectivity index (χ1v) is 9.31. The van der Waals surface area contributed by atoms with E-state index in [1.54, 1.807) is 17.8 Å². The highest BCUT2D eigenvalue weighted by Gasteiger charge is 2.23. The van der Waals surface area contributed by atoms with Crippen molar-refractivity contribution in [3.63, 3.8) is 0 Å². The van der Waals surface area contributed by atoms with Gasteiger partial charge in [-0.1, -0.05) is 23.7 Å². The summed E-state index contributed by atoms with van der Waals surface area (Å²) in [6, 6.07) is 9.29. The fourth-order valence-corrected chi connectivity index (χ4v) is 4.53. The molecule has 1 N–H and O–H groups in total. The van der Waals surface area contributed by atoms with Crippen LogP contribution in [0.15, 0.2) is 35.2 Å². The molecule has 2 aliphatic heterocycles. The molecule has 2 aromatic rings. The number of fused-ring (bicyclic) bond motifs is 2. The maximum Gasteiger partial charge on any atom is 0.179 e. The molecule has 24 heavy (non-hydrogen) atoms. The smallest absolute Gasteiger partial charge is 0.179 e. The molecule has 2 heterocycles. The predicted molar refractivity (Wildman–Crippen MR) is 93.8 cm³/mol. The fraction of sp³-hybridized carbons (Fsp3) is 0.333. The van der Waals surface area contributed by atoms with Gasteiger partial charge in [0.25, 0.3) is 0 Å². The summed E-state index contributed by atoms with van der Waals surface area (Å²) in [6.45, 7) is 1.70. The molecule has 2 aromatic carbocycles. The van der Waals surface area contributed by atoms with E-state index in [1.165, 1.54) is 6.07 Å². The Kier molecular flexibility index (Phi) is 4.57. The van der Waals surface area contributed by atoms with Gasteiger partial charge in [0.2, 0.25) is 0 Å². The minimum absolute atomic E-state index is 0.133. The van der Waals surface area contributed by atoms with Gasteiger partial charge in [-0.25, -0.2) is 4.39 Å². The SMILES string of the molecule is Fc1cccc2c1SCCC2NCc1cc(Cl)c2c(c1)OCCO2. The summed E-state index contributed by atoms with van der Waals surface area (Å²) in [5.74, 6) is 2.09. The van der Waals surface area contributed by atoms with E-state index in [0.717, 1.165) is 28.2 Å². The average Bonchev–Trinajstić information content (AvgIpc) is 2.60. The zero-order valence-corrected chi connectivity index (χ0v) is 14.6. The highest BCUT2D eigenvalue weighted by atomic mass is 35.5. The molecule has 4 rings (SSSR count). The average molecular weight is 366 g/mol. The van der Waals surface area contributed by atoms with Crippen molar-refractivity contribution >= 4 is 23.4 Å². The molecule has 0 fully saturated rings. The van der Waals surface area contributed by atoms with E-state index in [4.69, 9.17) is 21.1 Å². The number of benzene rings is 2. The summed E-state index contributed by atoms with van der Waals surface area (Å²) >= 11 is 7.87. The Morgan fingerprint density at radius 2 is 2.12 bits per heavy atom. The largest absolute Gasteiger partial charge is 0.486 e. The molecule has 0 saturated heterocycles. The molecule has 1 atom stereocenters. The van der Waals surface area contributed by atoms with Crippen molar-refractivity contribution in [3.8, 4) is 11.5 Å². The lowest BCUT2D eigenvalue weighted by Crippen LogP contribution is -2.25. The third kappa shape index (κ3) is 3.08. The molecule has 0 amide bonds. The predicted octanol–water partition coefficient (Wildman–Crippen LogP) is 4.58. The minimum atomic E-state index is -0.133. The number of hydrogen-bond acceptors (Lipinski definition) is 4. The lowest BCUT2D eigenvalue weighted by molar-refractivity contribution is 0.171. The summed E-state index contributed by atoms with van der Waals surface area (Å²) < 4.78 is 25.1. The van der Waals surface area contributed by atoms with Gasteiger partial charge in [-0.15, -0.1) is 11.8 Å². The van der Waals surface area contributed by atoms with Gasteiger partial charge < -0.3 is 14.8 Å². The third-order valence-electron chi connectivity index (χ3n) is 4.23. The lowest BCUT2D eigenvalue weighted by Gasteiger charge is -2.27. The second kappa shape index (κ2) is 6.82. The van der Waals surface area contributed by atoms with Crippen molar-refractivity contribution in [1.29, 1.82) is 0 Å². The van der Waals surface area contributed by atoms with Crippen LogP contribution in [0.25, 0.3) is 0 Å². The van der Waals surface area contributed by atoms with Crippen LogP contribution in [-0.4, -0.2) is 19.0 Å². The molecule has 0 bridgehead atoms. The van der Waals surface area contributed by atoms with E-state index in [9.17, 15) is 4.39 Å². The first-order valence-electron chi connectivity index (χ1n) is 7.95. The zero-order chi connectivity index (χ0) is 16.5. The first kappa shape index (κ1) is 16.1. The quantitative estimate of drug-likeness (QED) is 0.862. The Morgan fingerprint density at radius 1 is 1.25 bits per heavy atom. The highest BCUT2D eigenvalue weighted by molar-refractivity contribution is 7.99. The Balaban J connectivity index is 1.52.